The Hall–Kier alpha value is -0.820. The first-order chi connectivity index (χ1) is 10.6. The zero-order valence-electron chi connectivity index (χ0n) is 13.3. The van der Waals surface area contributed by atoms with Crippen molar-refractivity contribution in [3.05, 3.63) is 0 Å². The average Bonchev–Trinajstić information content (AvgIpc) is 2.77. The Bertz CT molecular complexity index is 439. The molecule has 2 rings (SSSR count). The molecule has 22 heavy (non-hydrogen) atoms. The van der Waals surface area contributed by atoms with Crippen LogP contribution in [0.2, 0.25) is 0 Å². The zero-order valence-corrected chi connectivity index (χ0v) is 14.2. The molecule has 1 aliphatic heterocycles. The molecule has 2 fully saturated rings. The lowest BCUT2D eigenvalue weighted by molar-refractivity contribution is 0.233. The summed E-state index contributed by atoms with van der Waals surface area (Å²) in [5.74, 6) is -0.00884. The third-order valence-electron chi connectivity index (χ3n) is 4.54. The maximum Gasteiger partial charge on any atom is 0.315 e. The summed E-state index contributed by atoms with van der Waals surface area (Å²) < 4.78 is 26.1. The quantitative estimate of drug-likeness (QED) is 0.806. The lowest BCUT2D eigenvalue weighted by Gasteiger charge is -2.23. The zero-order chi connectivity index (χ0) is 15.8. The molecule has 2 aliphatic rings. The topological polar surface area (TPSA) is 78.5 Å². The van der Waals surface area contributed by atoms with E-state index in [-0.39, 0.29) is 24.4 Å². The molecule has 0 radical (unpaired) electrons. The predicted molar refractivity (Wildman–Crippen MR) is 87.2 cm³/mol. The van der Waals surface area contributed by atoms with Crippen LogP contribution in [0.15, 0.2) is 0 Å². The highest BCUT2D eigenvalue weighted by molar-refractivity contribution is 7.89. The van der Waals surface area contributed by atoms with Crippen molar-refractivity contribution in [2.45, 2.75) is 63.8 Å². The van der Waals surface area contributed by atoms with Crippen molar-refractivity contribution in [3.8, 4) is 0 Å². The number of nitrogens with zero attached hydrogens (tertiary/aromatic N) is 1. The predicted octanol–water partition coefficient (Wildman–Crippen LogP) is 1.82. The standard InChI is InChI=1S/C15H29N3O3S/c19-15(17-14-8-4-3-5-9-14)16-10-13-22(20,21)18-11-6-1-2-7-12-18/h14H,1-13H2,(H2,16,17,19). The number of nitrogens with one attached hydrogen (secondary N) is 2. The van der Waals surface area contributed by atoms with Crippen LogP contribution in [-0.4, -0.2) is 50.2 Å². The fraction of sp³-hybridized carbons (Fsp3) is 0.933. The van der Waals surface area contributed by atoms with Gasteiger partial charge in [-0.2, -0.15) is 0 Å². The molecular weight excluding hydrogens is 302 g/mol. The van der Waals surface area contributed by atoms with Crippen molar-refractivity contribution in [1.82, 2.24) is 14.9 Å². The summed E-state index contributed by atoms with van der Waals surface area (Å²) in [5, 5.41) is 5.62. The van der Waals surface area contributed by atoms with E-state index in [4.69, 9.17) is 0 Å². The van der Waals surface area contributed by atoms with Crippen LogP contribution in [0.5, 0.6) is 0 Å². The van der Waals surface area contributed by atoms with Gasteiger partial charge in [-0.25, -0.2) is 17.5 Å². The second-order valence-corrected chi connectivity index (χ2v) is 8.45. The molecule has 1 saturated heterocycles. The Morgan fingerprint density at radius 3 is 2.18 bits per heavy atom. The number of carbonyl (C=O) groups excluding carboxylic acids is 1. The van der Waals surface area contributed by atoms with Crippen LogP contribution in [0, 0.1) is 0 Å². The van der Waals surface area contributed by atoms with Crippen LogP contribution in [0.1, 0.15) is 57.8 Å². The second kappa shape index (κ2) is 8.72. The van der Waals surface area contributed by atoms with Gasteiger partial charge in [-0.15, -0.1) is 0 Å². The van der Waals surface area contributed by atoms with Gasteiger partial charge in [-0.3, -0.25) is 0 Å². The first-order valence-corrected chi connectivity index (χ1v) is 10.2. The molecule has 1 aliphatic carbocycles. The van der Waals surface area contributed by atoms with Crippen molar-refractivity contribution in [1.29, 1.82) is 0 Å². The molecule has 6 nitrogen and oxygen atoms in total. The number of urea groups is 1. The Morgan fingerprint density at radius 1 is 0.955 bits per heavy atom. The summed E-state index contributed by atoms with van der Waals surface area (Å²) >= 11 is 0. The van der Waals surface area contributed by atoms with Crippen LogP contribution in [0.25, 0.3) is 0 Å². The molecule has 0 spiro atoms. The van der Waals surface area contributed by atoms with E-state index in [2.05, 4.69) is 10.6 Å². The van der Waals surface area contributed by atoms with Crippen molar-refractivity contribution < 1.29 is 13.2 Å². The highest BCUT2D eigenvalue weighted by atomic mass is 32.2. The van der Waals surface area contributed by atoms with Crippen molar-refractivity contribution in [2.24, 2.45) is 0 Å². The SMILES string of the molecule is O=C(NCCS(=O)(=O)N1CCCCCC1)NC1CCCCC1. The number of amides is 2. The molecule has 128 valence electrons. The highest BCUT2D eigenvalue weighted by Gasteiger charge is 2.23. The van der Waals surface area contributed by atoms with E-state index in [1.165, 1.54) is 6.42 Å². The smallest absolute Gasteiger partial charge is 0.315 e. The number of carbonyl (C=O) groups is 1. The van der Waals surface area contributed by atoms with Gasteiger partial charge >= 0.3 is 6.03 Å². The first-order valence-electron chi connectivity index (χ1n) is 8.60. The van der Waals surface area contributed by atoms with Gasteiger partial charge in [0, 0.05) is 25.7 Å². The summed E-state index contributed by atoms with van der Waals surface area (Å²) in [7, 11) is -3.24. The number of hydrogen-bond donors (Lipinski definition) is 2. The number of hydrogen-bond acceptors (Lipinski definition) is 3. The van der Waals surface area contributed by atoms with E-state index in [9.17, 15) is 13.2 Å². The molecule has 0 aromatic carbocycles. The van der Waals surface area contributed by atoms with Crippen molar-refractivity contribution in [3.63, 3.8) is 0 Å². The lowest BCUT2D eigenvalue weighted by Crippen LogP contribution is -2.45. The minimum absolute atomic E-state index is 0.00884. The van der Waals surface area contributed by atoms with E-state index in [1.54, 1.807) is 4.31 Å². The Morgan fingerprint density at radius 2 is 1.55 bits per heavy atom. The molecule has 0 aromatic heterocycles. The molecule has 0 bridgehead atoms. The van der Waals surface area contributed by atoms with Crippen molar-refractivity contribution >= 4 is 16.1 Å². The van der Waals surface area contributed by atoms with E-state index >= 15 is 0 Å². The molecule has 0 aromatic rings. The third kappa shape index (κ3) is 5.76. The van der Waals surface area contributed by atoms with Gasteiger partial charge in [-0.1, -0.05) is 32.1 Å². The molecule has 2 N–H and O–H groups in total. The van der Waals surface area contributed by atoms with E-state index in [0.29, 0.717) is 13.1 Å². The summed E-state index contributed by atoms with van der Waals surface area (Å²) in [4.78, 5) is 11.8. The largest absolute Gasteiger partial charge is 0.337 e. The summed E-state index contributed by atoms with van der Waals surface area (Å²) in [6.45, 7) is 1.42. The number of rotatable bonds is 5. The molecule has 7 heteroatoms. The normalized spacial score (nSPS) is 22.0. The van der Waals surface area contributed by atoms with Gasteiger partial charge in [0.05, 0.1) is 5.75 Å². The Labute approximate surface area is 134 Å². The summed E-state index contributed by atoms with van der Waals surface area (Å²) in [5.41, 5.74) is 0. The van der Waals surface area contributed by atoms with Gasteiger partial charge in [0.25, 0.3) is 0 Å². The number of sulfonamides is 1. The minimum Gasteiger partial charge on any atom is -0.337 e. The summed E-state index contributed by atoms with van der Waals surface area (Å²) in [6.07, 6.45) is 9.71. The maximum atomic E-state index is 12.3. The molecular formula is C15H29N3O3S. The molecule has 1 heterocycles. The lowest BCUT2D eigenvalue weighted by atomic mass is 9.96. The monoisotopic (exact) mass is 331 g/mol. The van der Waals surface area contributed by atoms with Gasteiger partial charge in [0.1, 0.15) is 0 Å². The van der Waals surface area contributed by atoms with E-state index < -0.39 is 10.0 Å². The van der Waals surface area contributed by atoms with E-state index in [0.717, 1.165) is 51.4 Å². The van der Waals surface area contributed by atoms with E-state index in [1.807, 2.05) is 0 Å². The minimum atomic E-state index is -3.24. The van der Waals surface area contributed by atoms with Crippen molar-refractivity contribution in [2.75, 3.05) is 25.4 Å². The molecule has 2 amide bonds. The van der Waals surface area contributed by atoms with Crippen LogP contribution >= 0.6 is 0 Å². The second-order valence-electron chi connectivity index (χ2n) is 6.36. The molecule has 1 saturated carbocycles. The Balaban J connectivity index is 1.68. The Kier molecular flexibility index (Phi) is 6.95. The summed E-state index contributed by atoms with van der Waals surface area (Å²) in [6, 6.07) is 0.00827. The fourth-order valence-corrected chi connectivity index (χ4v) is 4.66. The average molecular weight is 331 g/mol. The van der Waals surface area contributed by atoms with Gasteiger partial charge in [0.2, 0.25) is 10.0 Å². The van der Waals surface area contributed by atoms with Crippen LogP contribution in [-0.2, 0) is 10.0 Å². The highest BCUT2D eigenvalue weighted by Crippen LogP contribution is 2.17. The third-order valence-corrected chi connectivity index (χ3v) is 6.42. The molecule has 0 unspecified atom stereocenters. The van der Waals surface area contributed by atoms with Crippen LogP contribution in [0.3, 0.4) is 0 Å². The van der Waals surface area contributed by atoms with Gasteiger partial charge in [0.15, 0.2) is 0 Å². The maximum absolute atomic E-state index is 12.3. The van der Waals surface area contributed by atoms with Gasteiger partial charge < -0.3 is 10.6 Å². The fourth-order valence-electron chi connectivity index (χ4n) is 3.23. The van der Waals surface area contributed by atoms with Crippen LogP contribution in [0.4, 0.5) is 4.79 Å². The molecule has 0 atom stereocenters. The first kappa shape index (κ1) is 17.5. The van der Waals surface area contributed by atoms with Gasteiger partial charge in [-0.05, 0) is 25.7 Å². The van der Waals surface area contributed by atoms with Crippen LogP contribution < -0.4 is 10.6 Å².